The van der Waals surface area contributed by atoms with Crippen molar-refractivity contribution in [1.29, 1.82) is 0 Å². The van der Waals surface area contributed by atoms with Crippen molar-refractivity contribution in [2.24, 2.45) is 0 Å². The Hall–Kier alpha value is -1.17. The van der Waals surface area contributed by atoms with Crippen LogP contribution in [-0.4, -0.2) is 38.1 Å². The van der Waals surface area contributed by atoms with Crippen LogP contribution >= 0.6 is 15.9 Å². The molecule has 1 aromatic heterocycles. The highest BCUT2D eigenvalue weighted by molar-refractivity contribution is 9.10. The summed E-state index contributed by atoms with van der Waals surface area (Å²) >= 11 is 3.45. The van der Waals surface area contributed by atoms with Crippen LogP contribution in [0.5, 0.6) is 0 Å². The minimum absolute atomic E-state index is 0.475. The van der Waals surface area contributed by atoms with E-state index in [1.54, 1.807) is 14.2 Å². The van der Waals surface area contributed by atoms with Crippen LogP contribution in [0.3, 0.4) is 0 Å². The highest BCUT2D eigenvalue weighted by Gasteiger charge is 2.44. The maximum atomic E-state index is 5.41. The lowest BCUT2D eigenvalue weighted by molar-refractivity contribution is -0.219. The first-order valence-electron chi connectivity index (χ1n) is 6.07. The van der Waals surface area contributed by atoms with Crippen molar-refractivity contribution in [3.8, 4) is 0 Å². The first-order chi connectivity index (χ1) is 9.17. The quantitative estimate of drug-likeness (QED) is 0.814. The molecule has 1 aliphatic heterocycles. The number of aromatic nitrogens is 1. The van der Waals surface area contributed by atoms with Crippen LogP contribution in [-0.2, 0) is 9.47 Å². The predicted molar refractivity (Wildman–Crippen MR) is 78.4 cm³/mol. The van der Waals surface area contributed by atoms with Crippen molar-refractivity contribution in [2.45, 2.75) is 5.79 Å². The number of methoxy groups -OCH3 is 2. The zero-order valence-corrected chi connectivity index (χ0v) is 12.5. The predicted octanol–water partition coefficient (Wildman–Crippen LogP) is 2.81. The molecule has 1 saturated heterocycles. The summed E-state index contributed by atoms with van der Waals surface area (Å²) in [5, 5.41) is 1.12. The van der Waals surface area contributed by atoms with Gasteiger partial charge in [-0.1, -0.05) is 12.1 Å². The average Bonchev–Trinajstić information content (AvgIpc) is 2.38. The van der Waals surface area contributed by atoms with Crippen LogP contribution in [0.15, 0.2) is 34.9 Å². The molecule has 100 valence electrons. The Labute approximate surface area is 120 Å². The fourth-order valence-electron chi connectivity index (χ4n) is 2.42. The summed E-state index contributed by atoms with van der Waals surface area (Å²) < 4.78 is 11.8. The molecule has 19 heavy (non-hydrogen) atoms. The number of rotatable bonds is 3. The Bertz CT molecular complexity index is 605. The number of nitrogens with zero attached hydrogens (tertiary/aromatic N) is 2. The molecule has 3 rings (SSSR count). The van der Waals surface area contributed by atoms with Gasteiger partial charge < -0.3 is 14.4 Å². The second-order valence-electron chi connectivity index (χ2n) is 4.68. The molecule has 2 heterocycles. The molecule has 0 N–H and O–H groups in total. The first-order valence-corrected chi connectivity index (χ1v) is 6.86. The van der Waals surface area contributed by atoms with Gasteiger partial charge in [0, 0.05) is 30.3 Å². The Morgan fingerprint density at radius 1 is 1.26 bits per heavy atom. The summed E-state index contributed by atoms with van der Waals surface area (Å²) in [6.07, 6.45) is 1.82. The lowest BCUT2D eigenvalue weighted by Gasteiger charge is -2.48. The normalized spacial score (nSPS) is 17.5. The van der Waals surface area contributed by atoms with E-state index < -0.39 is 5.79 Å². The number of hydrogen-bond donors (Lipinski definition) is 0. The zero-order valence-electron chi connectivity index (χ0n) is 10.9. The van der Waals surface area contributed by atoms with Gasteiger partial charge in [-0.3, -0.25) is 4.98 Å². The van der Waals surface area contributed by atoms with E-state index in [0.717, 1.165) is 34.2 Å². The van der Waals surface area contributed by atoms with E-state index in [1.807, 2.05) is 12.3 Å². The van der Waals surface area contributed by atoms with E-state index in [4.69, 9.17) is 9.47 Å². The molecule has 1 fully saturated rings. The van der Waals surface area contributed by atoms with E-state index >= 15 is 0 Å². The molecule has 0 amide bonds. The molecule has 0 spiro atoms. The van der Waals surface area contributed by atoms with Gasteiger partial charge in [-0.25, -0.2) is 0 Å². The summed E-state index contributed by atoms with van der Waals surface area (Å²) in [5.41, 5.74) is 2.13. The van der Waals surface area contributed by atoms with Gasteiger partial charge in [0.15, 0.2) is 0 Å². The Morgan fingerprint density at radius 2 is 2.00 bits per heavy atom. The number of hydrogen-bond acceptors (Lipinski definition) is 4. The standard InChI is InChI=1S/C14H15BrN2O2/c1-18-14(19-2)8-17(9-14)12-5-3-4-10-6-11(15)7-16-13(10)12/h3-7H,8-9H2,1-2H3. The Kier molecular flexibility index (Phi) is 3.20. The monoisotopic (exact) mass is 322 g/mol. The van der Waals surface area contributed by atoms with Crippen LogP contribution in [0.25, 0.3) is 10.9 Å². The summed E-state index contributed by atoms with van der Waals surface area (Å²) in [6.45, 7) is 1.44. The van der Waals surface area contributed by atoms with Gasteiger partial charge in [0.25, 0.3) is 0 Å². The summed E-state index contributed by atoms with van der Waals surface area (Å²) in [4.78, 5) is 6.73. The highest BCUT2D eigenvalue weighted by atomic mass is 79.9. The number of halogens is 1. The number of fused-ring (bicyclic) bond motifs is 1. The van der Waals surface area contributed by atoms with Crippen molar-refractivity contribution in [1.82, 2.24) is 4.98 Å². The third-order valence-electron chi connectivity index (χ3n) is 3.60. The number of pyridine rings is 1. The molecule has 0 saturated carbocycles. The van der Waals surface area contributed by atoms with Crippen LogP contribution in [0.2, 0.25) is 0 Å². The summed E-state index contributed by atoms with van der Waals surface area (Å²) in [6, 6.07) is 8.27. The smallest absolute Gasteiger partial charge is 0.203 e. The van der Waals surface area contributed by atoms with Crippen LogP contribution in [0.4, 0.5) is 5.69 Å². The lowest BCUT2D eigenvalue weighted by atomic mass is 10.0. The van der Waals surface area contributed by atoms with Gasteiger partial charge >= 0.3 is 0 Å². The fraction of sp³-hybridized carbons (Fsp3) is 0.357. The Morgan fingerprint density at radius 3 is 2.68 bits per heavy atom. The fourth-order valence-corrected chi connectivity index (χ4v) is 2.77. The van der Waals surface area contributed by atoms with Crippen molar-refractivity contribution in [3.63, 3.8) is 0 Å². The highest BCUT2D eigenvalue weighted by Crippen LogP contribution is 2.34. The second kappa shape index (κ2) is 4.74. The summed E-state index contributed by atoms with van der Waals surface area (Å²) in [7, 11) is 3.36. The minimum atomic E-state index is -0.475. The van der Waals surface area contributed by atoms with Gasteiger partial charge in [0.05, 0.1) is 24.3 Å². The molecular weight excluding hydrogens is 308 g/mol. The van der Waals surface area contributed by atoms with Gasteiger partial charge in [-0.15, -0.1) is 0 Å². The average molecular weight is 323 g/mol. The molecule has 0 bridgehead atoms. The molecule has 4 nitrogen and oxygen atoms in total. The molecule has 5 heteroatoms. The third-order valence-corrected chi connectivity index (χ3v) is 4.04. The third kappa shape index (κ3) is 2.12. The SMILES string of the molecule is COC1(OC)CN(c2cccc3cc(Br)cnc23)C1. The summed E-state index contributed by atoms with van der Waals surface area (Å²) in [5.74, 6) is -0.475. The van der Waals surface area contributed by atoms with Gasteiger partial charge in [-0.2, -0.15) is 0 Å². The molecule has 1 aromatic carbocycles. The van der Waals surface area contributed by atoms with Gasteiger partial charge in [0.2, 0.25) is 5.79 Å². The van der Waals surface area contributed by atoms with E-state index in [2.05, 4.69) is 44.0 Å². The molecule has 0 radical (unpaired) electrons. The van der Waals surface area contributed by atoms with E-state index in [-0.39, 0.29) is 0 Å². The minimum Gasteiger partial charge on any atom is -0.359 e. The zero-order chi connectivity index (χ0) is 13.5. The Balaban J connectivity index is 1.95. The maximum absolute atomic E-state index is 5.41. The van der Waals surface area contributed by atoms with Crippen molar-refractivity contribution >= 4 is 32.5 Å². The molecule has 0 unspecified atom stereocenters. The van der Waals surface area contributed by atoms with Gasteiger partial charge in [-0.05, 0) is 28.1 Å². The van der Waals surface area contributed by atoms with Crippen LogP contribution < -0.4 is 4.90 Å². The number of anilines is 1. The van der Waals surface area contributed by atoms with E-state index in [9.17, 15) is 0 Å². The van der Waals surface area contributed by atoms with Gasteiger partial charge in [0.1, 0.15) is 0 Å². The number of para-hydroxylation sites is 1. The largest absolute Gasteiger partial charge is 0.359 e. The molecular formula is C14H15BrN2O2. The molecule has 2 aromatic rings. The van der Waals surface area contributed by atoms with Crippen molar-refractivity contribution < 1.29 is 9.47 Å². The molecule has 1 aliphatic rings. The van der Waals surface area contributed by atoms with E-state index in [1.165, 1.54) is 0 Å². The van der Waals surface area contributed by atoms with Crippen molar-refractivity contribution in [3.05, 3.63) is 34.9 Å². The maximum Gasteiger partial charge on any atom is 0.203 e. The molecule has 0 aliphatic carbocycles. The number of ether oxygens (including phenoxy) is 2. The van der Waals surface area contributed by atoms with Crippen LogP contribution in [0, 0.1) is 0 Å². The topological polar surface area (TPSA) is 34.6 Å². The molecule has 0 atom stereocenters. The number of benzene rings is 1. The lowest BCUT2D eigenvalue weighted by Crippen LogP contribution is -2.64. The second-order valence-corrected chi connectivity index (χ2v) is 5.59. The van der Waals surface area contributed by atoms with Crippen molar-refractivity contribution in [2.75, 3.05) is 32.2 Å². The first kappa shape index (κ1) is 12.8. The van der Waals surface area contributed by atoms with Crippen LogP contribution in [0.1, 0.15) is 0 Å². The van der Waals surface area contributed by atoms with E-state index in [0.29, 0.717) is 0 Å².